The topological polar surface area (TPSA) is 8.17 Å². The fraction of sp³-hybridized carbons (Fsp3) is 0.0182. The smallest absolute Gasteiger partial charge is 0.0782 e. The minimum absolute atomic E-state index is 0.463. The minimum Gasteiger partial charge on any atom is -0.308 e. The average molecular weight is 727 g/mol. The Morgan fingerprint density at radius 1 is 0.351 bits per heavy atom. The largest absolute Gasteiger partial charge is 0.308 e. The molecule has 0 unspecified atom stereocenters. The number of benzene rings is 9. The zero-order valence-electron chi connectivity index (χ0n) is 31.3. The summed E-state index contributed by atoms with van der Waals surface area (Å²) in [6, 6.07) is 84.2. The molecule has 9 aromatic carbocycles. The molecule has 0 spiro atoms. The van der Waals surface area contributed by atoms with Crippen LogP contribution in [0.2, 0.25) is 0 Å². The van der Waals surface area contributed by atoms with E-state index in [0.717, 1.165) is 22.7 Å². The van der Waals surface area contributed by atoms with Gasteiger partial charge in [-0.2, -0.15) is 0 Å². The summed E-state index contributed by atoms with van der Waals surface area (Å²) in [5.41, 5.74) is 16.4. The van der Waals surface area contributed by atoms with E-state index in [-0.39, 0.29) is 0 Å². The Morgan fingerprint density at radius 3 is 1.51 bits per heavy atom. The molecule has 0 saturated heterocycles. The van der Waals surface area contributed by atoms with Gasteiger partial charge in [0.05, 0.1) is 22.1 Å². The van der Waals surface area contributed by atoms with Crippen LogP contribution in [0.3, 0.4) is 0 Å². The van der Waals surface area contributed by atoms with Crippen LogP contribution in [-0.2, 0) is 5.41 Å². The summed E-state index contributed by atoms with van der Waals surface area (Å²) in [6.07, 6.45) is 0. The van der Waals surface area contributed by atoms with Crippen molar-refractivity contribution in [2.45, 2.75) is 5.41 Å². The minimum atomic E-state index is -0.463. The van der Waals surface area contributed by atoms with Crippen LogP contribution in [-0.4, -0.2) is 4.57 Å². The summed E-state index contributed by atoms with van der Waals surface area (Å²) in [5, 5.41) is 2.45. The monoisotopic (exact) mass is 726 g/mol. The molecule has 11 rings (SSSR count). The first-order chi connectivity index (χ1) is 28.3. The molecule has 0 N–H and O–H groups in total. The third-order valence-corrected chi connectivity index (χ3v) is 11.9. The second-order valence-corrected chi connectivity index (χ2v) is 14.9. The summed E-state index contributed by atoms with van der Waals surface area (Å²) in [6.45, 7) is 0. The number of hydrogen-bond donors (Lipinski definition) is 0. The van der Waals surface area contributed by atoms with Crippen molar-refractivity contribution in [2.24, 2.45) is 0 Å². The summed E-state index contributed by atoms with van der Waals surface area (Å²) in [7, 11) is 0. The van der Waals surface area contributed by atoms with Crippen molar-refractivity contribution in [2.75, 3.05) is 4.90 Å². The number of aromatic nitrogens is 1. The number of hydrogen-bond acceptors (Lipinski definition) is 1. The van der Waals surface area contributed by atoms with Crippen LogP contribution < -0.4 is 4.90 Å². The van der Waals surface area contributed by atoms with E-state index in [9.17, 15) is 0 Å². The normalized spacial score (nSPS) is 12.7. The Labute approximate surface area is 333 Å². The van der Waals surface area contributed by atoms with Crippen LogP contribution >= 0.6 is 0 Å². The van der Waals surface area contributed by atoms with Gasteiger partial charge in [0.1, 0.15) is 0 Å². The highest BCUT2D eigenvalue weighted by molar-refractivity contribution is 6.14. The molecular formula is C55H38N2. The number of anilines is 3. The summed E-state index contributed by atoms with van der Waals surface area (Å²) >= 11 is 0. The maximum Gasteiger partial charge on any atom is 0.0782 e. The van der Waals surface area contributed by atoms with E-state index < -0.39 is 5.41 Å². The van der Waals surface area contributed by atoms with Gasteiger partial charge in [-0.1, -0.05) is 182 Å². The SMILES string of the molecule is c1ccc(-c2ccc(N(c3ccc(C4(c5ccccc5)c5ccccc5-c5ccccc54)cc3)c3cccc4c5ccccc5n(-c5ccccc5)c34)cc2)cc1. The number of rotatable bonds is 7. The lowest BCUT2D eigenvalue weighted by atomic mass is 9.68. The molecule has 0 amide bonds. The van der Waals surface area contributed by atoms with Crippen LogP contribution in [0.15, 0.2) is 231 Å². The van der Waals surface area contributed by atoms with E-state index in [2.05, 4.69) is 240 Å². The van der Waals surface area contributed by atoms with E-state index in [4.69, 9.17) is 0 Å². The molecule has 2 heteroatoms. The van der Waals surface area contributed by atoms with Crippen molar-refractivity contribution in [3.8, 4) is 27.9 Å². The van der Waals surface area contributed by atoms with Crippen LogP contribution in [0.5, 0.6) is 0 Å². The molecule has 0 atom stereocenters. The molecule has 1 aliphatic carbocycles. The van der Waals surface area contributed by atoms with Gasteiger partial charge in [-0.3, -0.25) is 0 Å². The molecule has 0 aliphatic heterocycles. The second kappa shape index (κ2) is 13.4. The van der Waals surface area contributed by atoms with Gasteiger partial charge in [0.25, 0.3) is 0 Å². The van der Waals surface area contributed by atoms with E-state index in [1.165, 1.54) is 66.3 Å². The Kier molecular flexibility index (Phi) is 7.75. The van der Waals surface area contributed by atoms with Crippen molar-refractivity contribution in [3.63, 3.8) is 0 Å². The number of para-hydroxylation sites is 3. The fourth-order valence-corrected chi connectivity index (χ4v) is 9.46. The third kappa shape index (κ3) is 5.11. The molecule has 0 radical (unpaired) electrons. The summed E-state index contributed by atoms with van der Waals surface area (Å²) < 4.78 is 2.43. The van der Waals surface area contributed by atoms with Crippen LogP contribution in [0.4, 0.5) is 17.1 Å². The number of nitrogens with zero attached hydrogens (tertiary/aromatic N) is 2. The maximum absolute atomic E-state index is 2.44. The lowest BCUT2D eigenvalue weighted by molar-refractivity contribution is 0.768. The lowest BCUT2D eigenvalue weighted by Gasteiger charge is -2.34. The first-order valence-corrected chi connectivity index (χ1v) is 19.7. The number of fused-ring (bicyclic) bond motifs is 6. The Bertz CT molecular complexity index is 2990. The highest BCUT2D eigenvalue weighted by Gasteiger charge is 2.45. The van der Waals surface area contributed by atoms with Crippen molar-refractivity contribution in [1.82, 2.24) is 4.57 Å². The van der Waals surface area contributed by atoms with Crippen LogP contribution in [0, 0.1) is 0 Å². The summed E-state index contributed by atoms with van der Waals surface area (Å²) in [5.74, 6) is 0. The molecule has 1 heterocycles. The molecule has 57 heavy (non-hydrogen) atoms. The Balaban J connectivity index is 1.15. The molecule has 0 fully saturated rings. The molecule has 0 saturated carbocycles. The fourth-order valence-electron chi connectivity index (χ4n) is 9.46. The molecule has 0 bridgehead atoms. The predicted molar refractivity (Wildman–Crippen MR) is 238 cm³/mol. The lowest BCUT2D eigenvalue weighted by Crippen LogP contribution is -2.28. The van der Waals surface area contributed by atoms with Gasteiger partial charge in [-0.25, -0.2) is 0 Å². The molecule has 1 aliphatic rings. The average Bonchev–Trinajstić information content (AvgIpc) is 3.80. The van der Waals surface area contributed by atoms with Gasteiger partial charge in [0.15, 0.2) is 0 Å². The zero-order valence-corrected chi connectivity index (χ0v) is 31.3. The van der Waals surface area contributed by atoms with Crippen molar-refractivity contribution < 1.29 is 0 Å². The van der Waals surface area contributed by atoms with Crippen LogP contribution in [0.1, 0.15) is 22.3 Å². The van der Waals surface area contributed by atoms with E-state index in [1.54, 1.807) is 0 Å². The maximum atomic E-state index is 2.44. The van der Waals surface area contributed by atoms with Gasteiger partial charge < -0.3 is 9.47 Å². The molecule has 1 aromatic heterocycles. The van der Waals surface area contributed by atoms with Gasteiger partial charge in [-0.15, -0.1) is 0 Å². The predicted octanol–water partition coefficient (Wildman–Crippen LogP) is 14.3. The molecular weight excluding hydrogens is 689 g/mol. The highest BCUT2D eigenvalue weighted by Crippen LogP contribution is 2.56. The Morgan fingerprint density at radius 2 is 0.842 bits per heavy atom. The first kappa shape index (κ1) is 33.0. The van der Waals surface area contributed by atoms with E-state index >= 15 is 0 Å². The van der Waals surface area contributed by atoms with E-state index in [1.807, 2.05) is 0 Å². The van der Waals surface area contributed by atoms with E-state index in [0.29, 0.717) is 0 Å². The van der Waals surface area contributed by atoms with Gasteiger partial charge in [-0.05, 0) is 93.0 Å². The highest BCUT2D eigenvalue weighted by atomic mass is 15.2. The standard InChI is InChI=1S/C55H38N2/c1-4-17-39(18-5-1)40-31-35-44(36-32-40)56(53-30-16-26-49-48-25-12-15-29-52(48)57(54(49)53)43-21-8-3-9-22-43)45-37-33-42(34-38-45)55(41-19-6-2-7-20-41)50-27-13-10-23-46(50)47-24-11-14-28-51(47)55/h1-38H. The third-order valence-electron chi connectivity index (χ3n) is 11.9. The molecule has 268 valence electrons. The van der Waals surface area contributed by atoms with Crippen molar-refractivity contribution in [1.29, 1.82) is 0 Å². The van der Waals surface area contributed by atoms with Crippen molar-refractivity contribution in [3.05, 3.63) is 253 Å². The molecule has 2 nitrogen and oxygen atoms in total. The first-order valence-electron chi connectivity index (χ1n) is 19.7. The van der Waals surface area contributed by atoms with Crippen molar-refractivity contribution >= 4 is 38.9 Å². The van der Waals surface area contributed by atoms with Gasteiger partial charge in [0.2, 0.25) is 0 Å². The second-order valence-electron chi connectivity index (χ2n) is 14.9. The Hall–Kier alpha value is -7.42. The van der Waals surface area contributed by atoms with Gasteiger partial charge >= 0.3 is 0 Å². The summed E-state index contributed by atoms with van der Waals surface area (Å²) in [4.78, 5) is 2.44. The quantitative estimate of drug-likeness (QED) is 0.159. The molecule has 10 aromatic rings. The zero-order chi connectivity index (χ0) is 37.8. The van der Waals surface area contributed by atoms with Crippen LogP contribution in [0.25, 0.3) is 49.7 Å². The van der Waals surface area contributed by atoms with Gasteiger partial charge in [0, 0.05) is 27.8 Å².